The van der Waals surface area contributed by atoms with Gasteiger partial charge in [-0.25, -0.2) is 0 Å². The van der Waals surface area contributed by atoms with Gasteiger partial charge in [-0.05, 0) is 20.3 Å². The van der Waals surface area contributed by atoms with E-state index in [1.54, 1.807) is 11.6 Å². The fourth-order valence-corrected chi connectivity index (χ4v) is 1.39. The summed E-state index contributed by atoms with van der Waals surface area (Å²) in [5.74, 6) is -0.142. The van der Waals surface area contributed by atoms with Crippen molar-refractivity contribution in [1.82, 2.24) is 15.1 Å². The minimum atomic E-state index is -0.142. The van der Waals surface area contributed by atoms with E-state index in [0.717, 1.165) is 6.42 Å². The van der Waals surface area contributed by atoms with Crippen LogP contribution in [0.1, 0.15) is 36.5 Å². The van der Waals surface area contributed by atoms with Gasteiger partial charge in [-0.3, -0.25) is 9.48 Å². The summed E-state index contributed by atoms with van der Waals surface area (Å²) in [4.78, 5) is 11.8. The summed E-state index contributed by atoms with van der Waals surface area (Å²) < 4.78 is 1.63. The number of aryl methyl sites for hydroxylation is 2. The number of anilines is 1. The van der Waals surface area contributed by atoms with Gasteiger partial charge < -0.3 is 11.1 Å². The van der Waals surface area contributed by atoms with Crippen molar-refractivity contribution in [2.24, 2.45) is 0 Å². The molecule has 0 bridgehead atoms. The summed E-state index contributed by atoms with van der Waals surface area (Å²) in [7, 11) is 0. The molecule has 15 heavy (non-hydrogen) atoms. The molecule has 1 amide bonds. The molecule has 0 aliphatic rings. The van der Waals surface area contributed by atoms with Crippen LogP contribution < -0.4 is 11.1 Å². The Morgan fingerprint density at radius 1 is 1.53 bits per heavy atom. The van der Waals surface area contributed by atoms with Crippen LogP contribution in [0.25, 0.3) is 0 Å². The molecule has 5 heteroatoms. The van der Waals surface area contributed by atoms with Crippen LogP contribution in [-0.4, -0.2) is 22.2 Å². The lowest BCUT2D eigenvalue weighted by atomic mass is 10.3. The summed E-state index contributed by atoms with van der Waals surface area (Å²) in [5, 5.41) is 6.99. The highest BCUT2D eigenvalue weighted by atomic mass is 16.2. The third-order valence-electron chi connectivity index (χ3n) is 2.22. The van der Waals surface area contributed by atoms with Crippen molar-refractivity contribution in [3.8, 4) is 0 Å². The van der Waals surface area contributed by atoms with E-state index in [1.807, 2.05) is 13.8 Å². The molecule has 0 spiro atoms. The van der Waals surface area contributed by atoms with E-state index >= 15 is 0 Å². The van der Waals surface area contributed by atoms with E-state index in [1.165, 1.54) is 0 Å². The second-order valence-electron chi connectivity index (χ2n) is 3.42. The fourth-order valence-electron chi connectivity index (χ4n) is 1.39. The first-order valence-corrected chi connectivity index (χ1v) is 5.22. The van der Waals surface area contributed by atoms with E-state index in [-0.39, 0.29) is 5.91 Å². The maximum atomic E-state index is 11.8. The Morgan fingerprint density at radius 2 is 2.20 bits per heavy atom. The molecule has 0 saturated carbocycles. The molecule has 0 saturated heterocycles. The Kier molecular flexibility index (Phi) is 3.71. The van der Waals surface area contributed by atoms with Gasteiger partial charge in [-0.1, -0.05) is 6.92 Å². The summed E-state index contributed by atoms with van der Waals surface area (Å²) in [6, 6.07) is 0. The Balaban J connectivity index is 2.96. The number of nitrogens with one attached hydrogen (secondary N) is 1. The molecule has 1 heterocycles. The van der Waals surface area contributed by atoms with Crippen molar-refractivity contribution in [3.63, 3.8) is 0 Å². The van der Waals surface area contributed by atoms with Gasteiger partial charge in [0.25, 0.3) is 5.91 Å². The summed E-state index contributed by atoms with van der Waals surface area (Å²) in [6.07, 6.45) is 0.908. The lowest BCUT2D eigenvalue weighted by Crippen LogP contribution is -2.27. The van der Waals surface area contributed by atoms with E-state index in [0.29, 0.717) is 30.2 Å². The zero-order valence-corrected chi connectivity index (χ0v) is 9.50. The number of hydrogen-bond acceptors (Lipinski definition) is 3. The average Bonchev–Trinajstić information content (AvgIpc) is 2.51. The largest absolute Gasteiger partial charge is 0.395 e. The van der Waals surface area contributed by atoms with Gasteiger partial charge >= 0.3 is 0 Å². The standard InChI is InChI=1S/C10H18N4O/c1-4-6-12-10(15)9-8(11)7(3)13-14(9)5-2/h4-6,11H2,1-3H3,(H,12,15). The van der Waals surface area contributed by atoms with Crippen molar-refractivity contribution in [1.29, 1.82) is 0 Å². The van der Waals surface area contributed by atoms with Crippen molar-refractivity contribution in [3.05, 3.63) is 11.4 Å². The minimum absolute atomic E-state index is 0.142. The number of rotatable bonds is 4. The smallest absolute Gasteiger partial charge is 0.271 e. The molecular weight excluding hydrogens is 192 g/mol. The van der Waals surface area contributed by atoms with E-state index in [2.05, 4.69) is 10.4 Å². The van der Waals surface area contributed by atoms with Crippen molar-refractivity contribution < 1.29 is 4.79 Å². The SMILES string of the molecule is CCCNC(=O)c1c(N)c(C)nn1CC. The number of carbonyl (C=O) groups excluding carboxylic acids is 1. The zero-order chi connectivity index (χ0) is 11.4. The molecule has 1 rings (SSSR count). The molecule has 0 aromatic carbocycles. The van der Waals surface area contributed by atoms with Crippen LogP contribution >= 0.6 is 0 Å². The summed E-state index contributed by atoms with van der Waals surface area (Å²) in [6.45, 7) is 7.05. The van der Waals surface area contributed by atoms with Crippen LogP contribution in [-0.2, 0) is 6.54 Å². The predicted molar refractivity (Wildman–Crippen MR) is 59.7 cm³/mol. The molecule has 0 fully saturated rings. The van der Waals surface area contributed by atoms with E-state index in [4.69, 9.17) is 5.73 Å². The Labute approximate surface area is 89.6 Å². The molecule has 0 unspecified atom stereocenters. The summed E-state index contributed by atoms with van der Waals surface area (Å²) in [5.41, 5.74) is 7.47. The van der Waals surface area contributed by atoms with E-state index in [9.17, 15) is 4.79 Å². The van der Waals surface area contributed by atoms with Gasteiger partial charge in [0, 0.05) is 13.1 Å². The van der Waals surface area contributed by atoms with E-state index < -0.39 is 0 Å². The second-order valence-corrected chi connectivity index (χ2v) is 3.42. The lowest BCUT2D eigenvalue weighted by molar-refractivity contribution is 0.0944. The molecule has 5 nitrogen and oxygen atoms in total. The minimum Gasteiger partial charge on any atom is -0.395 e. The number of nitrogens with zero attached hydrogens (tertiary/aromatic N) is 2. The Hall–Kier alpha value is -1.52. The molecule has 1 aromatic rings. The van der Waals surface area contributed by atoms with Gasteiger partial charge in [0.15, 0.2) is 0 Å². The van der Waals surface area contributed by atoms with Crippen LogP contribution in [0.15, 0.2) is 0 Å². The lowest BCUT2D eigenvalue weighted by Gasteiger charge is -2.06. The normalized spacial score (nSPS) is 10.3. The first-order chi connectivity index (χ1) is 7.11. The van der Waals surface area contributed by atoms with Crippen LogP contribution in [0.2, 0.25) is 0 Å². The Bertz CT molecular complexity index is 357. The van der Waals surface area contributed by atoms with Gasteiger partial charge in [0.1, 0.15) is 5.69 Å². The highest BCUT2D eigenvalue weighted by Gasteiger charge is 2.18. The van der Waals surface area contributed by atoms with Crippen LogP contribution in [0.4, 0.5) is 5.69 Å². The first kappa shape index (κ1) is 11.6. The molecule has 0 aliphatic heterocycles. The number of nitrogens with two attached hydrogens (primary N) is 1. The maximum Gasteiger partial charge on any atom is 0.271 e. The number of amides is 1. The van der Waals surface area contributed by atoms with Gasteiger partial charge in [0.05, 0.1) is 11.4 Å². The zero-order valence-electron chi connectivity index (χ0n) is 9.50. The van der Waals surface area contributed by atoms with Crippen molar-refractivity contribution in [2.45, 2.75) is 33.7 Å². The van der Waals surface area contributed by atoms with Gasteiger partial charge in [-0.2, -0.15) is 5.10 Å². The average molecular weight is 210 g/mol. The van der Waals surface area contributed by atoms with Crippen molar-refractivity contribution in [2.75, 3.05) is 12.3 Å². The number of nitrogen functional groups attached to an aromatic ring is 1. The molecule has 0 radical (unpaired) electrons. The van der Waals surface area contributed by atoms with Crippen molar-refractivity contribution >= 4 is 11.6 Å². The van der Waals surface area contributed by atoms with Crippen LogP contribution in [0.3, 0.4) is 0 Å². The number of hydrogen-bond donors (Lipinski definition) is 2. The van der Waals surface area contributed by atoms with Crippen LogP contribution in [0.5, 0.6) is 0 Å². The Morgan fingerprint density at radius 3 is 2.73 bits per heavy atom. The quantitative estimate of drug-likeness (QED) is 0.776. The first-order valence-electron chi connectivity index (χ1n) is 5.22. The highest BCUT2D eigenvalue weighted by molar-refractivity contribution is 5.97. The second kappa shape index (κ2) is 4.82. The topological polar surface area (TPSA) is 72.9 Å². The number of aromatic nitrogens is 2. The predicted octanol–water partition coefficient (Wildman–Crippen LogP) is 0.933. The van der Waals surface area contributed by atoms with Gasteiger partial charge in [-0.15, -0.1) is 0 Å². The third-order valence-corrected chi connectivity index (χ3v) is 2.22. The molecule has 84 valence electrons. The van der Waals surface area contributed by atoms with Crippen LogP contribution in [0, 0.1) is 6.92 Å². The summed E-state index contributed by atoms with van der Waals surface area (Å²) >= 11 is 0. The monoisotopic (exact) mass is 210 g/mol. The molecule has 1 aromatic heterocycles. The molecular formula is C10H18N4O. The number of carbonyl (C=O) groups is 1. The fraction of sp³-hybridized carbons (Fsp3) is 0.600. The molecule has 3 N–H and O–H groups in total. The highest BCUT2D eigenvalue weighted by Crippen LogP contribution is 2.15. The molecule has 0 atom stereocenters. The third kappa shape index (κ3) is 2.29. The van der Waals surface area contributed by atoms with Gasteiger partial charge in [0.2, 0.25) is 0 Å². The maximum absolute atomic E-state index is 11.8. The molecule has 0 aliphatic carbocycles.